The fraction of sp³-hybridized carbons (Fsp3) is 0.250. The van der Waals surface area contributed by atoms with E-state index in [1.807, 2.05) is 0 Å². The zero-order chi connectivity index (χ0) is 35.8. The first-order chi connectivity index (χ1) is 24.5. The molecular formula is C48H54Ge2O. The monoisotopic (exact) mass is 794 g/mol. The van der Waals surface area contributed by atoms with Gasteiger partial charge in [0.05, 0.1) is 0 Å². The van der Waals surface area contributed by atoms with Crippen LogP contribution in [-0.4, -0.2) is 27.2 Å². The van der Waals surface area contributed by atoms with Crippen molar-refractivity contribution in [1.29, 1.82) is 0 Å². The molecule has 0 heterocycles. The average Bonchev–Trinajstić information content (AvgIpc) is 3.11. The third-order valence-corrected chi connectivity index (χ3v) is 34.8. The standard InChI is InChI=1S/C48H54Ge2O/c1-37-7-19-43(20-8-37)31-49(32-44-21-9-38(2)10-22-44,33-45-23-11-39(3)12-24-45)51-50(34-46-25-13-40(4)14-26-46,35-47-27-15-41(5)16-28-47)36-48-29-17-42(6)18-30-48/h7-30H,31-36H2,1-6H3. The SMILES string of the molecule is Cc1ccc([CH2][Ge]([CH2]c2ccc(C)cc2)([CH2]c2ccc(C)cc2)[O][Ge]([CH2]c2ccc(C)cc2)([CH2]c2ccc(C)cc2)[CH2]c2ccc(C)cc2)cc1. The molecule has 0 N–H and O–H groups in total. The molecular weight excluding hydrogens is 738 g/mol. The van der Waals surface area contributed by atoms with E-state index in [1.165, 1.54) is 66.8 Å². The van der Waals surface area contributed by atoms with E-state index in [1.54, 1.807) is 0 Å². The Balaban J connectivity index is 1.57. The summed E-state index contributed by atoms with van der Waals surface area (Å²) in [5, 5.41) is 6.19. The molecule has 6 aromatic rings. The number of aryl methyl sites for hydroxylation is 6. The fourth-order valence-corrected chi connectivity index (χ4v) is 39.0. The zero-order valence-electron chi connectivity index (χ0n) is 31.5. The minimum atomic E-state index is -3.37. The van der Waals surface area contributed by atoms with E-state index in [2.05, 4.69) is 187 Å². The van der Waals surface area contributed by atoms with Crippen molar-refractivity contribution in [2.24, 2.45) is 0 Å². The maximum atomic E-state index is 8.61. The van der Waals surface area contributed by atoms with Gasteiger partial charge in [0.1, 0.15) is 0 Å². The predicted molar refractivity (Wildman–Crippen MR) is 222 cm³/mol. The molecule has 0 aliphatic rings. The number of benzene rings is 6. The molecule has 0 radical (unpaired) electrons. The molecule has 0 atom stereocenters. The molecule has 0 bridgehead atoms. The normalized spacial score (nSPS) is 11.9. The van der Waals surface area contributed by atoms with Crippen molar-refractivity contribution in [1.82, 2.24) is 0 Å². The average molecular weight is 792 g/mol. The van der Waals surface area contributed by atoms with Crippen molar-refractivity contribution in [3.8, 4) is 0 Å². The Hall–Kier alpha value is -3.63. The molecule has 0 saturated heterocycles. The van der Waals surface area contributed by atoms with Gasteiger partial charge in [0.25, 0.3) is 0 Å². The van der Waals surface area contributed by atoms with E-state index in [0.717, 1.165) is 31.5 Å². The summed E-state index contributed by atoms with van der Waals surface area (Å²) < 4.78 is 8.61. The van der Waals surface area contributed by atoms with Crippen LogP contribution in [0.1, 0.15) is 66.8 Å². The van der Waals surface area contributed by atoms with Crippen LogP contribution in [-0.2, 0) is 34.3 Å². The molecule has 0 aliphatic heterocycles. The molecule has 0 saturated carbocycles. The number of rotatable bonds is 14. The van der Waals surface area contributed by atoms with Crippen molar-refractivity contribution in [2.75, 3.05) is 0 Å². The van der Waals surface area contributed by atoms with E-state index in [-0.39, 0.29) is 0 Å². The summed E-state index contributed by atoms with van der Waals surface area (Å²) in [6.45, 7) is 13.2. The van der Waals surface area contributed by atoms with Crippen molar-refractivity contribution >= 4 is 27.2 Å². The van der Waals surface area contributed by atoms with Crippen LogP contribution in [0.2, 0.25) is 0 Å². The summed E-state index contributed by atoms with van der Waals surface area (Å²) in [7, 11) is 0. The second kappa shape index (κ2) is 16.8. The van der Waals surface area contributed by atoms with Gasteiger partial charge in [-0.05, 0) is 0 Å². The van der Waals surface area contributed by atoms with Gasteiger partial charge in [-0.2, -0.15) is 0 Å². The third kappa shape index (κ3) is 10.7. The Morgan fingerprint density at radius 1 is 0.255 bits per heavy atom. The summed E-state index contributed by atoms with van der Waals surface area (Å²) in [6.07, 6.45) is 0. The zero-order valence-corrected chi connectivity index (χ0v) is 35.7. The molecule has 0 spiro atoms. The van der Waals surface area contributed by atoms with Crippen LogP contribution >= 0.6 is 0 Å². The summed E-state index contributed by atoms with van der Waals surface area (Å²) >= 11 is -6.74. The molecule has 1 nitrogen and oxygen atoms in total. The molecule has 6 aromatic carbocycles. The summed E-state index contributed by atoms with van der Waals surface area (Å²) in [6, 6.07) is 56.0. The van der Waals surface area contributed by atoms with E-state index in [9.17, 15) is 0 Å². The first kappa shape index (κ1) is 37.1. The van der Waals surface area contributed by atoms with Gasteiger partial charge in [0, 0.05) is 0 Å². The van der Waals surface area contributed by atoms with Crippen molar-refractivity contribution in [2.45, 2.75) is 73.1 Å². The Kier molecular flexibility index (Phi) is 12.2. The molecule has 260 valence electrons. The first-order valence-electron chi connectivity index (χ1n) is 18.6. The van der Waals surface area contributed by atoms with Gasteiger partial charge in [-0.25, -0.2) is 0 Å². The van der Waals surface area contributed by atoms with Crippen LogP contribution in [0, 0.1) is 41.5 Å². The molecule has 0 aromatic heterocycles. The molecule has 0 aliphatic carbocycles. The molecule has 0 fully saturated rings. The maximum absolute atomic E-state index is 8.61. The third-order valence-electron chi connectivity index (χ3n) is 10.3. The van der Waals surface area contributed by atoms with Crippen molar-refractivity contribution in [3.63, 3.8) is 0 Å². The van der Waals surface area contributed by atoms with E-state index >= 15 is 0 Å². The van der Waals surface area contributed by atoms with Gasteiger partial charge in [-0.3, -0.25) is 0 Å². The Bertz CT molecular complexity index is 1600. The molecule has 51 heavy (non-hydrogen) atoms. The van der Waals surface area contributed by atoms with Gasteiger partial charge in [0.15, 0.2) is 0 Å². The van der Waals surface area contributed by atoms with Crippen LogP contribution in [0.5, 0.6) is 0 Å². The van der Waals surface area contributed by atoms with Gasteiger partial charge in [-0.15, -0.1) is 0 Å². The van der Waals surface area contributed by atoms with Crippen LogP contribution in [0.4, 0.5) is 0 Å². The predicted octanol–water partition coefficient (Wildman–Crippen LogP) is 11.4. The van der Waals surface area contributed by atoms with Crippen molar-refractivity contribution in [3.05, 3.63) is 212 Å². The van der Waals surface area contributed by atoms with Gasteiger partial charge in [-0.1, -0.05) is 0 Å². The second-order valence-electron chi connectivity index (χ2n) is 15.4. The van der Waals surface area contributed by atoms with E-state index < -0.39 is 27.2 Å². The quantitative estimate of drug-likeness (QED) is 0.0999. The van der Waals surface area contributed by atoms with E-state index in [0.29, 0.717) is 0 Å². The van der Waals surface area contributed by atoms with Gasteiger partial charge >= 0.3 is 315 Å². The molecule has 0 amide bonds. The summed E-state index contributed by atoms with van der Waals surface area (Å²) in [5.41, 5.74) is 16.3. The Labute approximate surface area is 313 Å². The van der Waals surface area contributed by atoms with Crippen LogP contribution < -0.4 is 0 Å². The van der Waals surface area contributed by atoms with Crippen LogP contribution in [0.3, 0.4) is 0 Å². The minimum absolute atomic E-state index is 1.03. The molecule has 0 unspecified atom stereocenters. The number of hydrogen-bond donors (Lipinski definition) is 0. The Morgan fingerprint density at radius 3 is 0.529 bits per heavy atom. The number of hydrogen-bond acceptors (Lipinski definition) is 1. The molecule has 3 heteroatoms. The second-order valence-corrected chi connectivity index (χ2v) is 32.5. The summed E-state index contributed by atoms with van der Waals surface area (Å²) in [5.74, 6) is 0. The van der Waals surface area contributed by atoms with Gasteiger partial charge < -0.3 is 0 Å². The molecule has 6 rings (SSSR count). The topological polar surface area (TPSA) is 9.23 Å². The van der Waals surface area contributed by atoms with Crippen LogP contribution in [0.25, 0.3) is 0 Å². The first-order valence-corrected chi connectivity index (χ1v) is 29.2. The van der Waals surface area contributed by atoms with Crippen LogP contribution in [0.15, 0.2) is 146 Å². The van der Waals surface area contributed by atoms with E-state index in [4.69, 9.17) is 2.79 Å². The fourth-order valence-electron chi connectivity index (χ4n) is 7.52. The summed E-state index contributed by atoms with van der Waals surface area (Å²) in [4.78, 5) is 0. The Morgan fingerprint density at radius 2 is 0.392 bits per heavy atom. The van der Waals surface area contributed by atoms with Gasteiger partial charge in [0.2, 0.25) is 0 Å². The van der Waals surface area contributed by atoms with Crippen molar-refractivity contribution < 1.29 is 2.79 Å².